The predicted molar refractivity (Wildman–Crippen MR) is 109 cm³/mol. The van der Waals surface area contributed by atoms with E-state index in [1.807, 2.05) is 0 Å². The second-order valence-corrected chi connectivity index (χ2v) is 7.26. The first-order valence-corrected chi connectivity index (χ1v) is 9.34. The summed E-state index contributed by atoms with van der Waals surface area (Å²) in [5.74, 6) is 1.15. The molecule has 0 spiro atoms. The molecule has 2 heterocycles. The van der Waals surface area contributed by atoms with Gasteiger partial charge in [0, 0.05) is 37.5 Å². The summed E-state index contributed by atoms with van der Waals surface area (Å²) in [6, 6.07) is 17.2. The third kappa shape index (κ3) is 3.07. The van der Waals surface area contributed by atoms with E-state index in [9.17, 15) is 0 Å². The molecule has 4 rings (SSSR count). The van der Waals surface area contributed by atoms with Gasteiger partial charge in [-0.1, -0.05) is 24.3 Å². The van der Waals surface area contributed by atoms with Crippen molar-refractivity contribution in [1.82, 2.24) is 9.78 Å². The SMILES string of the molecule is Cc1cccc(-n2nc(-c3cccc(N(C)C)c3)c3c2NCCCC3)c1. The highest BCUT2D eigenvalue weighted by Crippen LogP contribution is 2.35. The number of hydrogen-bond acceptors (Lipinski definition) is 3. The maximum Gasteiger partial charge on any atom is 0.133 e. The van der Waals surface area contributed by atoms with E-state index < -0.39 is 0 Å². The molecule has 1 N–H and O–H groups in total. The fraction of sp³-hybridized carbons (Fsp3) is 0.318. The summed E-state index contributed by atoms with van der Waals surface area (Å²) in [7, 11) is 4.15. The minimum atomic E-state index is 1.00. The lowest BCUT2D eigenvalue weighted by molar-refractivity contribution is 0.780. The van der Waals surface area contributed by atoms with Crippen LogP contribution in [0.25, 0.3) is 16.9 Å². The number of aromatic nitrogens is 2. The van der Waals surface area contributed by atoms with Gasteiger partial charge >= 0.3 is 0 Å². The van der Waals surface area contributed by atoms with Gasteiger partial charge in [0.25, 0.3) is 0 Å². The highest BCUT2D eigenvalue weighted by molar-refractivity contribution is 5.74. The van der Waals surface area contributed by atoms with Gasteiger partial charge in [-0.05, 0) is 56.0 Å². The van der Waals surface area contributed by atoms with Crippen LogP contribution < -0.4 is 10.2 Å². The van der Waals surface area contributed by atoms with Crippen LogP contribution in [0.2, 0.25) is 0 Å². The van der Waals surface area contributed by atoms with Gasteiger partial charge in [-0.2, -0.15) is 5.10 Å². The molecule has 4 nitrogen and oxygen atoms in total. The summed E-state index contributed by atoms with van der Waals surface area (Å²) < 4.78 is 2.09. The van der Waals surface area contributed by atoms with Crippen LogP contribution in [0, 0.1) is 6.92 Å². The fourth-order valence-corrected chi connectivity index (χ4v) is 3.61. The number of aryl methyl sites for hydroxylation is 1. The molecule has 4 heteroatoms. The summed E-state index contributed by atoms with van der Waals surface area (Å²) in [5, 5.41) is 8.68. The third-order valence-corrected chi connectivity index (χ3v) is 5.01. The Bertz CT molecular complexity index is 924. The van der Waals surface area contributed by atoms with Crippen molar-refractivity contribution in [2.45, 2.75) is 26.2 Å². The first-order valence-electron chi connectivity index (χ1n) is 9.34. The molecular formula is C22H26N4. The van der Waals surface area contributed by atoms with Crippen molar-refractivity contribution in [3.8, 4) is 16.9 Å². The van der Waals surface area contributed by atoms with E-state index in [4.69, 9.17) is 5.10 Å². The molecule has 1 aliphatic rings. The maximum atomic E-state index is 5.05. The van der Waals surface area contributed by atoms with Crippen molar-refractivity contribution in [2.24, 2.45) is 0 Å². The Labute approximate surface area is 155 Å². The zero-order chi connectivity index (χ0) is 18.1. The van der Waals surface area contributed by atoms with Crippen LogP contribution in [0.3, 0.4) is 0 Å². The molecule has 0 atom stereocenters. The van der Waals surface area contributed by atoms with E-state index in [-0.39, 0.29) is 0 Å². The van der Waals surface area contributed by atoms with Crippen molar-refractivity contribution in [2.75, 3.05) is 30.9 Å². The number of nitrogens with one attached hydrogen (secondary N) is 1. The van der Waals surface area contributed by atoms with Gasteiger partial charge in [0.2, 0.25) is 0 Å². The topological polar surface area (TPSA) is 33.1 Å². The number of anilines is 2. The largest absolute Gasteiger partial charge is 0.378 e. The van der Waals surface area contributed by atoms with Gasteiger partial charge in [-0.15, -0.1) is 0 Å². The maximum absolute atomic E-state index is 5.05. The van der Waals surface area contributed by atoms with E-state index in [1.54, 1.807) is 0 Å². The quantitative estimate of drug-likeness (QED) is 0.748. The van der Waals surface area contributed by atoms with Gasteiger partial charge < -0.3 is 10.2 Å². The standard InChI is InChI=1S/C22H26N4/c1-16-8-6-11-19(14-16)26-22-20(12-4-5-13-23-22)21(24-26)17-9-7-10-18(15-17)25(2)3/h6-11,14-15,23H,4-5,12-13H2,1-3H3. The molecule has 2 aromatic carbocycles. The first kappa shape index (κ1) is 16.7. The summed E-state index contributed by atoms with van der Waals surface area (Å²) in [5.41, 5.74) is 7.17. The molecule has 1 aliphatic heterocycles. The monoisotopic (exact) mass is 346 g/mol. The fourth-order valence-electron chi connectivity index (χ4n) is 3.61. The lowest BCUT2D eigenvalue weighted by Gasteiger charge is -2.13. The van der Waals surface area contributed by atoms with Crippen molar-refractivity contribution >= 4 is 11.5 Å². The molecule has 0 unspecified atom stereocenters. The lowest BCUT2D eigenvalue weighted by Crippen LogP contribution is -2.08. The molecular weight excluding hydrogens is 320 g/mol. The van der Waals surface area contributed by atoms with E-state index in [0.717, 1.165) is 30.2 Å². The summed E-state index contributed by atoms with van der Waals surface area (Å²) >= 11 is 0. The van der Waals surface area contributed by atoms with Gasteiger partial charge in [-0.25, -0.2) is 4.68 Å². The lowest BCUT2D eigenvalue weighted by atomic mass is 10.0. The molecule has 0 fully saturated rings. The van der Waals surface area contributed by atoms with E-state index >= 15 is 0 Å². The van der Waals surface area contributed by atoms with E-state index in [1.165, 1.54) is 35.2 Å². The van der Waals surface area contributed by atoms with Gasteiger partial charge in [0.15, 0.2) is 0 Å². The van der Waals surface area contributed by atoms with Crippen molar-refractivity contribution in [1.29, 1.82) is 0 Å². The van der Waals surface area contributed by atoms with E-state index in [0.29, 0.717) is 0 Å². The number of rotatable bonds is 3. The highest BCUT2D eigenvalue weighted by Gasteiger charge is 2.22. The molecule has 0 bridgehead atoms. The number of benzene rings is 2. The van der Waals surface area contributed by atoms with Gasteiger partial charge in [0.1, 0.15) is 5.82 Å². The van der Waals surface area contributed by atoms with Crippen LogP contribution in [-0.4, -0.2) is 30.4 Å². The summed E-state index contributed by atoms with van der Waals surface area (Å²) in [4.78, 5) is 2.14. The van der Waals surface area contributed by atoms with Crippen LogP contribution in [0.15, 0.2) is 48.5 Å². The second kappa shape index (κ2) is 6.87. The van der Waals surface area contributed by atoms with Crippen molar-refractivity contribution < 1.29 is 0 Å². The Balaban J connectivity index is 1.89. The number of hydrogen-bond donors (Lipinski definition) is 1. The van der Waals surface area contributed by atoms with Gasteiger partial charge in [-0.3, -0.25) is 0 Å². The second-order valence-electron chi connectivity index (χ2n) is 7.26. The summed E-state index contributed by atoms with van der Waals surface area (Å²) in [6.07, 6.45) is 3.45. The molecule has 3 aromatic rings. The predicted octanol–water partition coefficient (Wildman–Crippen LogP) is 4.66. The van der Waals surface area contributed by atoms with Crippen molar-refractivity contribution in [3.05, 3.63) is 59.7 Å². The zero-order valence-electron chi connectivity index (χ0n) is 15.8. The Hall–Kier alpha value is -2.75. The Morgan fingerprint density at radius 3 is 2.69 bits per heavy atom. The van der Waals surface area contributed by atoms with E-state index in [2.05, 4.69) is 84.4 Å². The highest BCUT2D eigenvalue weighted by atomic mass is 15.3. The average molecular weight is 346 g/mol. The van der Waals surface area contributed by atoms with Crippen LogP contribution in [0.4, 0.5) is 11.5 Å². The number of nitrogens with zero attached hydrogens (tertiary/aromatic N) is 3. The Kier molecular flexibility index (Phi) is 4.41. The molecule has 0 saturated carbocycles. The smallest absolute Gasteiger partial charge is 0.133 e. The molecule has 0 aliphatic carbocycles. The Morgan fingerprint density at radius 2 is 1.88 bits per heavy atom. The molecule has 1 aromatic heterocycles. The minimum Gasteiger partial charge on any atom is -0.378 e. The molecule has 0 amide bonds. The molecule has 134 valence electrons. The number of fused-ring (bicyclic) bond motifs is 1. The zero-order valence-corrected chi connectivity index (χ0v) is 15.8. The third-order valence-electron chi connectivity index (χ3n) is 5.01. The average Bonchev–Trinajstić information content (AvgIpc) is 2.83. The normalized spacial score (nSPS) is 13.7. The van der Waals surface area contributed by atoms with Crippen LogP contribution in [0.5, 0.6) is 0 Å². The Morgan fingerprint density at radius 1 is 1.04 bits per heavy atom. The first-order chi connectivity index (χ1) is 12.6. The minimum absolute atomic E-state index is 1.00. The van der Waals surface area contributed by atoms with Crippen LogP contribution in [-0.2, 0) is 6.42 Å². The van der Waals surface area contributed by atoms with Gasteiger partial charge in [0.05, 0.1) is 11.4 Å². The van der Waals surface area contributed by atoms with Crippen LogP contribution >= 0.6 is 0 Å². The molecule has 0 radical (unpaired) electrons. The molecule has 0 saturated heterocycles. The van der Waals surface area contributed by atoms with Crippen LogP contribution in [0.1, 0.15) is 24.0 Å². The van der Waals surface area contributed by atoms with Crippen molar-refractivity contribution in [3.63, 3.8) is 0 Å². The summed E-state index contributed by atoms with van der Waals surface area (Å²) in [6.45, 7) is 3.13. The molecule has 26 heavy (non-hydrogen) atoms.